The van der Waals surface area contributed by atoms with Crippen LogP contribution in [0.1, 0.15) is 48.3 Å². The Morgan fingerprint density at radius 3 is 2.67 bits per heavy atom. The second-order valence-electron chi connectivity index (χ2n) is 6.68. The molecule has 6 heteroatoms. The van der Waals surface area contributed by atoms with Gasteiger partial charge in [-0.1, -0.05) is 36.8 Å². The number of rotatable bonds is 3. The highest BCUT2D eigenvalue weighted by molar-refractivity contribution is 7.14. The largest absolute Gasteiger partial charge is 0.329 e. The first-order valence-corrected chi connectivity index (χ1v) is 9.06. The average molecular weight is 341 g/mol. The van der Waals surface area contributed by atoms with Crippen molar-refractivity contribution in [2.75, 3.05) is 11.9 Å². The van der Waals surface area contributed by atoms with Gasteiger partial charge in [-0.2, -0.15) is 0 Å². The van der Waals surface area contributed by atoms with E-state index in [1.807, 2.05) is 23.1 Å². The predicted octanol–water partition coefficient (Wildman–Crippen LogP) is 3.47. The van der Waals surface area contributed by atoms with Crippen LogP contribution in [0.15, 0.2) is 35.7 Å². The van der Waals surface area contributed by atoms with E-state index in [4.69, 9.17) is 0 Å². The molecule has 1 N–H and O–H groups in total. The summed E-state index contributed by atoms with van der Waals surface area (Å²) < 4.78 is 0. The maximum Gasteiger partial charge on any atom is 0.273 e. The molecule has 0 radical (unpaired) electrons. The Morgan fingerprint density at radius 1 is 1.29 bits per heavy atom. The number of nitrogens with zero attached hydrogens (tertiary/aromatic N) is 2. The van der Waals surface area contributed by atoms with E-state index in [1.54, 1.807) is 5.38 Å². The minimum absolute atomic E-state index is 0.0470. The Balaban J connectivity index is 1.58. The van der Waals surface area contributed by atoms with Crippen molar-refractivity contribution >= 4 is 28.3 Å². The van der Waals surface area contributed by atoms with Crippen LogP contribution < -0.4 is 5.32 Å². The van der Waals surface area contributed by atoms with E-state index in [9.17, 15) is 9.59 Å². The quantitative estimate of drug-likeness (QED) is 0.930. The van der Waals surface area contributed by atoms with Crippen molar-refractivity contribution in [3.05, 3.63) is 47.0 Å². The van der Waals surface area contributed by atoms with E-state index in [1.165, 1.54) is 43.1 Å². The lowest BCUT2D eigenvalue weighted by atomic mass is 9.56. The number of hydrogen-bond donors (Lipinski definition) is 1. The molecule has 1 unspecified atom stereocenters. The van der Waals surface area contributed by atoms with Crippen LogP contribution in [-0.2, 0) is 4.79 Å². The van der Waals surface area contributed by atoms with Crippen molar-refractivity contribution in [3.63, 3.8) is 0 Å². The van der Waals surface area contributed by atoms with Crippen LogP contribution in [0, 0.1) is 5.41 Å². The molecule has 1 aromatic carbocycles. The molecule has 1 aliphatic heterocycles. The van der Waals surface area contributed by atoms with E-state index in [2.05, 4.69) is 22.4 Å². The zero-order chi connectivity index (χ0) is 16.7. The van der Waals surface area contributed by atoms with Crippen LogP contribution in [0.4, 0.5) is 5.13 Å². The molecule has 24 heavy (non-hydrogen) atoms. The average Bonchev–Trinajstić information content (AvgIpc) is 2.93. The first-order chi connectivity index (χ1) is 11.6. The molecular weight excluding hydrogens is 322 g/mol. The summed E-state index contributed by atoms with van der Waals surface area (Å²) in [6.07, 6.45) is 3.61. The molecule has 1 saturated heterocycles. The van der Waals surface area contributed by atoms with Gasteiger partial charge in [-0.25, -0.2) is 4.98 Å². The third kappa shape index (κ3) is 2.41. The van der Waals surface area contributed by atoms with Crippen molar-refractivity contribution < 1.29 is 9.59 Å². The highest BCUT2D eigenvalue weighted by Gasteiger charge is 2.58. The molecule has 124 valence electrons. The minimum atomic E-state index is -0.178. The Hall–Kier alpha value is -2.21. The third-order valence-corrected chi connectivity index (χ3v) is 5.87. The van der Waals surface area contributed by atoms with Crippen molar-refractivity contribution in [2.45, 2.75) is 32.2 Å². The topological polar surface area (TPSA) is 62.3 Å². The number of carbonyl (C=O) groups is 2. The molecule has 1 aliphatic carbocycles. The Morgan fingerprint density at radius 2 is 2.04 bits per heavy atom. The van der Waals surface area contributed by atoms with E-state index in [-0.39, 0.29) is 23.3 Å². The zero-order valence-electron chi connectivity index (χ0n) is 13.5. The predicted molar refractivity (Wildman–Crippen MR) is 92.9 cm³/mol. The molecule has 2 fully saturated rings. The van der Waals surface area contributed by atoms with Crippen LogP contribution in [0.2, 0.25) is 0 Å². The van der Waals surface area contributed by atoms with Gasteiger partial charge in [0.1, 0.15) is 5.69 Å². The van der Waals surface area contributed by atoms with E-state index < -0.39 is 0 Å². The molecule has 2 aromatic rings. The van der Waals surface area contributed by atoms with Gasteiger partial charge in [-0.3, -0.25) is 9.59 Å². The molecule has 4 rings (SSSR count). The number of benzene rings is 1. The number of hydrogen-bond acceptors (Lipinski definition) is 4. The van der Waals surface area contributed by atoms with E-state index >= 15 is 0 Å². The normalized spacial score (nSPS) is 21.0. The first kappa shape index (κ1) is 15.3. The number of nitrogens with one attached hydrogen (secondary N) is 1. The van der Waals surface area contributed by atoms with Crippen LogP contribution in [0.5, 0.6) is 0 Å². The summed E-state index contributed by atoms with van der Waals surface area (Å²) in [4.78, 5) is 30.2. The number of carbonyl (C=O) groups excluding carboxylic acids is 2. The van der Waals surface area contributed by atoms with Crippen molar-refractivity contribution in [1.29, 1.82) is 0 Å². The van der Waals surface area contributed by atoms with Crippen molar-refractivity contribution in [1.82, 2.24) is 9.88 Å². The van der Waals surface area contributed by atoms with Crippen LogP contribution in [-0.4, -0.2) is 28.2 Å². The lowest BCUT2D eigenvalue weighted by Gasteiger charge is -2.62. The first-order valence-electron chi connectivity index (χ1n) is 8.18. The smallest absolute Gasteiger partial charge is 0.273 e. The van der Waals surface area contributed by atoms with Crippen molar-refractivity contribution in [3.8, 4) is 0 Å². The summed E-state index contributed by atoms with van der Waals surface area (Å²) in [6.45, 7) is 2.24. The van der Waals surface area contributed by atoms with Crippen molar-refractivity contribution in [2.24, 2.45) is 5.41 Å². The molecule has 1 spiro atoms. The number of aromatic nitrogens is 1. The summed E-state index contributed by atoms with van der Waals surface area (Å²) in [5.74, 6) is -0.225. The summed E-state index contributed by atoms with van der Waals surface area (Å²) >= 11 is 1.28. The number of likely N-dealkylation sites (tertiary alicyclic amines) is 1. The molecule has 2 amide bonds. The SMILES string of the molecule is CC(=O)Nc1nc(C(=O)N2CC3(CCC3)C2c2ccccc2)cs1. The fourth-order valence-corrected chi connectivity index (χ4v) is 4.61. The summed E-state index contributed by atoms with van der Waals surface area (Å²) in [7, 11) is 0. The van der Waals surface area contributed by atoms with Gasteiger partial charge >= 0.3 is 0 Å². The molecular formula is C18H19N3O2S. The Bertz CT molecular complexity index is 783. The lowest BCUT2D eigenvalue weighted by Crippen LogP contribution is -2.63. The van der Waals surface area contributed by atoms with Gasteiger partial charge in [0.15, 0.2) is 5.13 Å². The maximum atomic E-state index is 12.9. The Labute approximate surface area is 144 Å². The van der Waals surface area contributed by atoms with Crippen LogP contribution in [0.25, 0.3) is 0 Å². The molecule has 1 atom stereocenters. The number of amides is 2. The number of thiazole rings is 1. The van der Waals surface area contributed by atoms with E-state index in [0.717, 1.165) is 6.54 Å². The molecule has 0 bridgehead atoms. The maximum absolute atomic E-state index is 12.9. The summed E-state index contributed by atoms with van der Waals surface area (Å²) in [5, 5.41) is 4.83. The Kier molecular flexibility index (Phi) is 3.64. The summed E-state index contributed by atoms with van der Waals surface area (Å²) in [5.41, 5.74) is 1.88. The molecule has 1 aromatic heterocycles. The zero-order valence-corrected chi connectivity index (χ0v) is 14.3. The van der Waals surface area contributed by atoms with Gasteiger partial charge in [0.2, 0.25) is 5.91 Å². The van der Waals surface area contributed by atoms with E-state index in [0.29, 0.717) is 10.8 Å². The molecule has 5 nitrogen and oxygen atoms in total. The van der Waals surface area contributed by atoms with Gasteiger partial charge < -0.3 is 10.2 Å². The number of anilines is 1. The second kappa shape index (κ2) is 5.70. The summed E-state index contributed by atoms with van der Waals surface area (Å²) in [6, 6.07) is 10.4. The van der Waals surface area contributed by atoms with Gasteiger partial charge in [0.25, 0.3) is 5.91 Å². The van der Waals surface area contributed by atoms with Gasteiger partial charge in [-0.15, -0.1) is 11.3 Å². The standard InChI is InChI=1S/C18H19N3O2S/c1-12(22)19-17-20-14(10-24-17)16(23)21-11-18(8-5-9-18)15(21)13-6-3-2-4-7-13/h2-4,6-7,10,15H,5,8-9,11H2,1H3,(H,19,20,22). The lowest BCUT2D eigenvalue weighted by molar-refractivity contribution is -0.114. The highest BCUT2D eigenvalue weighted by atomic mass is 32.1. The van der Waals surface area contributed by atoms with Gasteiger partial charge in [0, 0.05) is 24.3 Å². The third-order valence-electron chi connectivity index (χ3n) is 5.11. The van der Waals surface area contributed by atoms with Crippen LogP contribution >= 0.6 is 11.3 Å². The fourth-order valence-electron chi connectivity index (χ4n) is 3.88. The molecule has 2 aliphatic rings. The second-order valence-corrected chi connectivity index (χ2v) is 7.54. The van der Waals surface area contributed by atoms with Crippen LogP contribution in [0.3, 0.4) is 0 Å². The highest BCUT2D eigenvalue weighted by Crippen LogP contribution is 2.60. The van der Waals surface area contributed by atoms with Gasteiger partial charge in [0.05, 0.1) is 6.04 Å². The molecule has 2 heterocycles. The minimum Gasteiger partial charge on any atom is -0.329 e. The van der Waals surface area contributed by atoms with Gasteiger partial charge in [-0.05, 0) is 18.4 Å². The monoisotopic (exact) mass is 341 g/mol. The molecule has 1 saturated carbocycles. The fraction of sp³-hybridized carbons (Fsp3) is 0.389.